The van der Waals surface area contributed by atoms with Crippen molar-refractivity contribution in [1.82, 2.24) is 0 Å². The fraction of sp³-hybridized carbons (Fsp3) is 0.846. The normalized spacial score (nSPS) is 13.7. The molecule has 0 rings (SSSR count). The Hall–Kier alpha value is -1.31. The average Bonchev–Trinajstić information content (AvgIpc) is 2.39. The Labute approximate surface area is 121 Å². The monoisotopic (exact) mass is 314 g/mol. The molecule has 0 saturated heterocycles. The van der Waals surface area contributed by atoms with Crippen molar-refractivity contribution in [2.75, 3.05) is 19.8 Å². The van der Waals surface area contributed by atoms with Gasteiger partial charge in [0.05, 0.1) is 12.0 Å². The van der Waals surface area contributed by atoms with E-state index in [4.69, 9.17) is 4.74 Å². The van der Waals surface area contributed by atoms with Gasteiger partial charge in [-0.25, -0.2) is 4.79 Å². The van der Waals surface area contributed by atoms with Crippen molar-refractivity contribution in [3.63, 3.8) is 0 Å². The van der Waals surface area contributed by atoms with E-state index in [9.17, 15) is 22.8 Å². The van der Waals surface area contributed by atoms with Crippen LogP contribution in [-0.2, 0) is 23.8 Å². The quantitative estimate of drug-likeness (QED) is 0.509. The highest BCUT2D eigenvalue weighted by molar-refractivity contribution is 5.79. The summed E-state index contributed by atoms with van der Waals surface area (Å²) in [6.07, 6.45) is -5.84. The molecule has 0 aliphatic rings. The third-order valence-electron chi connectivity index (χ3n) is 2.93. The number of rotatable bonds is 8. The first-order valence-corrected chi connectivity index (χ1v) is 6.52. The highest BCUT2D eigenvalue weighted by Crippen LogP contribution is 2.22. The molecule has 124 valence electrons. The zero-order chi connectivity index (χ0) is 16.7. The fourth-order valence-corrected chi connectivity index (χ4v) is 0.981. The first-order chi connectivity index (χ1) is 9.50. The number of esters is 2. The van der Waals surface area contributed by atoms with E-state index in [0.29, 0.717) is 6.42 Å². The number of alkyl halides is 3. The van der Waals surface area contributed by atoms with Crippen LogP contribution in [0.25, 0.3) is 0 Å². The lowest BCUT2D eigenvalue weighted by Crippen LogP contribution is -2.30. The summed E-state index contributed by atoms with van der Waals surface area (Å²) in [4.78, 5) is 22.8. The van der Waals surface area contributed by atoms with Gasteiger partial charge in [-0.2, -0.15) is 13.2 Å². The van der Waals surface area contributed by atoms with Gasteiger partial charge in [0.15, 0.2) is 12.7 Å². The Morgan fingerprint density at radius 2 is 1.67 bits per heavy atom. The van der Waals surface area contributed by atoms with Crippen molar-refractivity contribution in [3.05, 3.63) is 0 Å². The minimum absolute atomic E-state index is 0.339. The molecule has 0 bridgehead atoms. The summed E-state index contributed by atoms with van der Waals surface area (Å²) in [5.41, 5.74) is -0.703. The average molecular weight is 314 g/mol. The van der Waals surface area contributed by atoms with Crippen LogP contribution in [0.4, 0.5) is 13.2 Å². The van der Waals surface area contributed by atoms with E-state index in [2.05, 4.69) is 9.47 Å². The molecule has 21 heavy (non-hydrogen) atoms. The SMILES string of the molecule is CCC(C)(C)C(=O)OCC(=O)OCCOC(C)C(F)(F)F. The zero-order valence-corrected chi connectivity index (χ0v) is 12.6. The standard InChI is InChI=1S/C13H21F3O5/c1-5-12(3,4)11(18)21-8-10(17)20-7-6-19-9(2)13(14,15)16/h9H,5-8H2,1-4H3. The lowest BCUT2D eigenvalue weighted by Gasteiger charge is -2.20. The van der Waals surface area contributed by atoms with Crippen molar-refractivity contribution in [3.8, 4) is 0 Å². The van der Waals surface area contributed by atoms with Gasteiger partial charge in [0.2, 0.25) is 0 Å². The van der Waals surface area contributed by atoms with E-state index in [1.165, 1.54) is 0 Å². The molecular formula is C13H21F3O5. The van der Waals surface area contributed by atoms with Crippen LogP contribution >= 0.6 is 0 Å². The zero-order valence-electron chi connectivity index (χ0n) is 12.6. The molecule has 0 aromatic carbocycles. The molecule has 0 amide bonds. The Morgan fingerprint density at radius 1 is 1.10 bits per heavy atom. The molecule has 8 heteroatoms. The van der Waals surface area contributed by atoms with Gasteiger partial charge in [-0.1, -0.05) is 6.92 Å². The summed E-state index contributed by atoms with van der Waals surface area (Å²) in [5, 5.41) is 0. The molecule has 0 N–H and O–H groups in total. The van der Waals surface area contributed by atoms with E-state index < -0.39 is 36.2 Å². The predicted molar refractivity (Wildman–Crippen MR) is 67.5 cm³/mol. The van der Waals surface area contributed by atoms with Gasteiger partial charge in [0, 0.05) is 0 Å². The molecular weight excluding hydrogens is 293 g/mol. The molecule has 0 spiro atoms. The van der Waals surface area contributed by atoms with Crippen LogP contribution in [0.2, 0.25) is 0 Å². The van der Waals surface area contributed by atoms with Crippen molar-refractivity contribution >= 4 is 11.9 Å². The summed E-state index contributed by atoms with van der Waals surface area (Å²) in [6.45, 7) is 4.71. The fourth-order valence-electron chi connectivity index (χ4n) is 0.981. The van der Waals surface area contributed by atoms with E-state index >= 15 is 0 Å². The number of ether oxygens (including phenoxy) is 3. The smallest absolute Gasteiger partial charge is 0.414 e. The third-order valence-corrected chi connectivity index (χ3v) is 2.93. The van der Waals surface area contributed by atoms with Gasteiger partial charge < -0.3 is 14.2 Å². The lowest BCUT2D eigenvalue weighted by molar-refractivity contribution is -0.216. The summed E-state index contributed by atoms with van der Waals surface area (Å²) < 4.78 is 50.1. The molecule has 1 atom stereocenters. The molecule has 0 saturated carbocycles. The molecule has 0 aliphatic carbocycles. The van der Waals surface area contributed by atoms with Crippen LogP contribution in [0, 0.1) is 5.41 Å². The predicted octanol–water partition coefficient (Wildman–Crippen LogP) is 2.48. The second kappa shape index (κ2) is 8.21. The molecule has 0 aromatic heterocycles. The largest absolute Gasteiger partial charge is 0.461 e. The third kappa shape index (κ3) is 7.89. The Kier molecular flexibility index (Phi) is 7.70. The number of carbonyl (C=O) groups is 2. The van der Waals surface area contributed by atoms with Crippen LogP contribution in [0.5, 0.6) is 0 Å². The maximum atomic E-state index is 12.1. The first kappa shape index (κ1) is 19.7. The van der Waals surface area contributed by atoms with Gasteiger partial charge >= 0.3 is 18.1 Å². The maximum absolute atomic E-state index is 12.1. The molecule has 0 radical (unpaired) electrons. The Morgan fingerprint density at radius 3 is 2.14 bits per heavy atom. The molecule has 0 fully saturated rings. The topological polar surface area (TPSA) is 61.8 Å². The van der Waals surface area contributed by atoms with E-state index in [0.717, 1.165) is 6.92 Å². The van der Waals surface area contributed by atoms with Gasteiger partial charge in [0.25, 0.3) is 0 Å². The van der Waals surface area contributed by atoms with Gasteiger partial charge in [-0.3, -0.25) is 4.79 Å². The number of halogens is 3. The van der Waals surface area contributed by atoms with E-state index in [-0.39, 0.29) is 13.2 Å². The first-order valence-electron chi connectivity index (χ1n) is 6.52. The van der Waals surface area contributed by atoms with Crippen LogP contribution in [0.1, 0.15) is 34.1 Å². The maximum Gasteiger partial charge on any atom is 0.414 e. The van der Waals surface area contributed by atoms with Gasteiger partial charge in [-0.05, 0) is 27.2 Å². The molecule has 1 unspecified atom stereocenters. The Bertz CT molecular complexity index is 352. The highest BCUT2D eigenvalue weighted by atomic mass is 19.4. The van der Waals surface area contributed by atoms with Crippen LogP contribution in [0.3, 0.4) is 0 Å². The van der Waals surface area contributed by atoms with Gasteiger partial charge in [0.1, 0.15) is 6.61 Å². The number of carbonyl (C=O) groups excluding carboxylic acids is 2. The van der Waals surface area contributed by atoms with Crippen LogP contribution < -0.4 is 0 Å². The second-order valence-corrected chi connectivity index (χ2v) is 5.09. The van der Waals surface area contributed by atoms with Crippen molar-refractivity contribution in [2.45, 2.75) is 46.4 Å². The van der Waals surface area contributed by atoms with E-state index in [1.54, 1.807) is 20.8 Å². The molecule has 0 heterocycles. The summed E-state index contributed by atoms with van der Waals surface area (Å²) in [7, 11) is 0. The summed E-state index contributed by atoms with van der Waals surface area (Å²) >= 11 is 0. The number of hydrogen-bond donors (Lipinski definition) is 0. The van der Waals surface area contributed by atoms with E-state index in [1.807, 2.05) is 0 Å². The van der Waals surface area contributed by atoms with Crippen molar-refractivity contribution in [2.24, 2.45) is 5.41 Å². The van der Waals surface area contributed by atoms with Crippen molar-refractivity contribution < 1.29 is 37.0 Å². The van der Waals surface area contributed by atoms with Crippen LogP contribution in [-0.4, -0.2) is 44.0 Å². The minimum atomic E-state index is -4.45. The van der Waals surface area contributed by atoms with Crippen molar-refractivity contribution in [1.29, 1.82) is 0 Å². The molecule has 0 aromatic rings. The molecule has 0 aliphatic heterocycles. The Balaban J connectivity index is 3.86. The lowest BCUT2D eigenvalue weighted by atomic mass is 9.91. The number of hydrogen-bond acceptors (Lipinski definition) is 5. The molecule has 5 nitrogen and oxygen atoms in total. The van der Waals surface area contributed by atoms with Gasteiger partial charge in [-0.15, -0.1) is 0 Å². The minimum Gasteiger partial charge on any atom is -0.461 e. The summed E-state index contributed by atoms with van der Waals surface area (Å²) in [5.74, 6) is -1.37. The highest BCUT2D eigenvalue weighted by Gasteiger charge is 2.36. The second-order valence-electron chi connectivity index (χ2n) is 5.09. The van der Waals surface area contributed by atoms with Crippen LogP contribution in [0.15, 0.2) is 0 Å². The summed E-state index contributed by atoms with van der Waals surface area (Å²) in [6, 6.07) is 0.